The van der Waals surface area contributed by atoms with Gasteiger partial charge in [-0.05, 0) is 56.9 Å². The maximum atomic E-state index is 10.7. The van der Waals surface area contributed by atoms with E-state index in [1.807, 2.05) is 13.0 Å². The van der Waals surface area contributed by atoms with Crippen LogP contribution >= 0.6 is 0 Å². The van der Waals surface area contributed by atoms with Crippen LogP contribution in [-0.2, 0) is 0 Å². The monoisotopic (exact) mass is 277 g/mol. The third kappa shape index (κ3) is 3.70. The molecule has 5 heteroatoms. The minimum atomic E-state index is -0.350. The van der Waals surface area contributed by atoms with Gasteiger partial charge in [-0.25, -0.2) is 0 Å². The summed E-state index contributed by atoms with van der Waals surface area (Å²) >= 11 is 0. The number of nitro groups is 1. The number of nitrogens with zero attached hydrogens (tertiary/aromatic N) is 2. The Morgan fingerprint density at radius 3 is 2.65 bits per heavy atom. The predicted molar refractivity (Wildman–Crippen MR) is 81.2 cm³/mol. The van der Waals surface area contributed by atoms with Crippen molar-refractivity contribution < 1.29 is 4.92 Å². The molecule has 0 aliphatic carbocycles. The number of piperidine rings is 1. The average Bonchev–Trinajstić information content (AvgIpc) is 2.46. The van der Waals surface area contributed by atoms with E-state index in [9.17, 15) is 10.1 Å². The number of nitro benzene ring substituents is 1. The summed E-state index contributed by atoms with van der Waals surface area (Å²) in [5.74, 6) is 0.701. The van der Waals surface area contributed by atoms with Crippen LogP contribution < -0.4 is 5.32 Å². The van der Waals surface area contributed by atoms with Gasteiger partial charge in [-0.15, -0.1) is 0 Å². The molecule has 1 saturated heterocycles. The van der Waals surface area contributed by atoms with E-state index in [1.54, 1.807) is 12.1 Å². The van der Waals surface area contributed by atoms with E-state index in [-0.39, 0.29) is 10.6 Å². The summed E-state index contributed by atoms with van der Waals surface area (Å²) in [7, 11) is 0. The van der Waals surface area contributed by atoms with Crippen LogP contribution in [0.3, 0.4) is 0 Å². The van der Waals surface area contributed by atoms with E-state index in [0.717, 1.165) is 24.3 Å². The van der Waals surface area contributed by atoms with Crippen molar-refractivity contribution in [2.24, 2.45) is 5.92 Å². The van der Waals surface area contributed by atoms with Gasteiger partial charge >= 0.3 is 0 Å². The van der Waals surface area contributed by atoms with E-state index in [4.69, 9.17) is 0 Å². The van der Waals surface area contributed by atoms with Gasteiger partial charge in [-0.2, -0.15) is 0 Å². The molecule has 20 heavy (non-hydrogen) atoms. The lowest BCUT2D eigenvalue weighted by Gasteiger charge is -2.31. The van der Waals surface area contributed by atoms with E-state index in [0.29, 0.717) is 5.92 Å². The zero-order valence-electron chi connectivity index (χ0n) is 12.3. The van der Waals surface area contributed by atoms with Crippen molar-refractivity contribution in [1.29, 1.82) is 0 Å². The van der Waals surface area contributed by atoms with Gasteiger partial charge < -0.3 is 10.2 Å². The molecule has 5 nitrogen and oxygen atoms in total. The van der Waals surface area contributed by atoms with Crippen LogP contribution in [0.15, 0.2) is 18.2 Å². The molecule has 1 heterocycles. The number of hydrogen-bond acceptors (Lipinski definition) is 4. The fraction of sp³-hybridized carbons (Fsp3) is 0.600. The standard InChI is InChI=1S/C15H23N3O2/c1-3-17-8-6-13(7-9-17)11-16-15-5-4-14(18(19)20)10-12(15)2/h4-5,10,13,16H,3,6-9,11H2,1-2H3. The van der Waals surface area contributed by atoms with Crippen molar-refractivity contribution in [3.05, 3.63) is 33.9 Å². The molecular weight excluding hydrogens is 254 g/mol. The number of likely N-dealkylation sites (tertiary alicyclic amines) is 1. The highest BCUT2D eigenvalue weighted by Gasteiger charge is 2.18. The van der Waals surface area contributed by atoms with Gasteiger partial charge in [-0.1, -0.05) is 6.92 Å². The Labute approximate surface area is 120 Å². The van der Waals surface area contributed by atoms with Gasteiger partial charge in [0.15, 0.2) is 0 Å². The second-order valence-electron chi connectivity index (χ2n) is 5.51. The van der Waals surface area contributed by atoms with Crippen LogP contribution in [0.4, 0.5) is 11.4 Å². The number of aryl methyl sites for hydroxylation is 1. The van der Waals surface area contributed by atoms with Crippen LogP contribution in [0.25, 0.3) is 0 Å². The molecule has 2 rings (SSSR count). The summed E-state index contributed by atoms with van der Waals surface area (Å²) in [5, 5.41) is 14.1. The highest BCUT2D eigenvalue weighted by atomic mass is 16.6. The Morgan fingerprint density at radius 1 is 1.40 bits per heavy atom. The SMILES string of the molecule is CCN1CCC(CNc2ccc([N+](=O)[O-])cc2C)CC1. The zero-order valence-corrected chi connectivity index (χ0v) is 12.3. The molecule has 0 unspecified atom stereocenters. The minimum Gasteiger partial charge on any atom is -0.385 e. The molecule has 0 saturated carbocycles. The topological polar surface area (TPSA) is 58.4 Å². The van der Waals surface area contributed by atoms with E-state index in [2.05, 4.69) is 17.1 Å². The van der Waals surface area contributed by atoms with Crippen LogP contribution in [0.5, 0.6) is 0 Å². The Hall–Kier alpha value is -1.62. The number of anilines is 1. The first-order chi connectivity index (χ1) is 9.60. The molecule has 1 N–H and O–H groups in total. The Bertz CT molecular complexity index is 468. The van der Waals surface area contributed by atoms with Gasteiger partial charge in [0.25, 0.3) is 5.69 Å². The third-order valence-electron chi connectivity index (χ3n) is 4.16. The first-order valence-corrected chi connectivity index (χ1v) is 7.31. The van der Waals surface area contributed by atoms with Crippen LogP contribution in [0, 0.1) is 23.0 Å². The highest BCUT2D eigenvalue weighted by Crippen LogP contribution is 2.23. The summed E-state index contributed by atoms with van der Waals surface area (Å²) in [5.41, 5.74) is 2.10. The third-order valence-corrected chi connectivity index (χ3v) is 4.16. The lowest BCUT2D eigenvalue weighted by atomic mass is 9.96. The van der Waals surface area contributed by atoms with Gasteiger partial charge in [0.2, 0.25) is 0 Å². The van der Waals surface area contributed by atoms with Crippen LogP contribution in [0.2, 0.25) is 0 Å². The molecule has 0 radical (unpaired) electrons. The number of hydrogen-bond donors (Lipinski definition) is 1. The van der Waals surface area contributed by atoms with Crippen molar-refractivity contribution in [3.63, 3.8) is 0 Å². The Kier molecular flexibility index (Phi) is 4.95. The minimum absolute atomic E-state index is 0.157. The molecular formula is C15H23N3O2. The fourth-order valence-electron chi connectivity index (χ4n) is 2.72. The second-order valence-corrected chi connectivity index (χ2v) is 5.51. The predicted octanol–water partition coefficient (Wildman–Crippen LogP) is 3.05. The zero-order chi connectivity index (χ0) is 14.5. The molecule has 110 valence electrons. The first kappa shape index (κ1) is 14.8. The highest BCUT2D eigenvalue weighted by molar-refractivity contribution is 5.55. The molecule has 0 aromatic heterocycles. The summed E-state index contributed by atoms with van der Waals surface area (Å²) < 4.78 is 0. The van der Waals surface area contributed by atoms with Crippen molar-refractivity contribution in [3.8, 4) is 0 Å². The van der Waals surface area contributed by atoms with Crippen LogP contribution in [-0.4, -0.2) is 36.0 Å². The van der Waals surface area contributed by atoms with E-state index in [1.165, 1.54) is 25.9 Å². The van der Waals surface area contributed by atoms with E-state index < -0.39 is 0 Å². The number of benzene rings is 1. The molecule has 0 amide bonds. The molecule has 0 atom stereocenters. The normalized spacial score (nSPS) is 17.1. The summed E-state index contributed by atoms with van der Waals surface area (Å²) in [6.45, 7) is 8.58. The molecule has 1 aliphatic rings. The smallest absolute Gasteiger partial charge is 0.269 e. The van der Waals surface area contributed by atoms with Crippen LogP contribution in [0.1, 0.15) is 25.3 Å². The van der Waals surface area contributed by atoms with Gasteiger partial charge in [-0.3, -0.25) is 10.1 Å². The second kappa shape index (κ2) is 6.70. The number of nitrogens with one attached hydrogen (secondary N) is 1. The fourth-order valence-corrected chi connectivity index (χ4v) is 2.72. The van der Waals surface area contributed by atoms with E-state index >= 15 is 0 Å². The first-order valence-electron chi connectivity index (χ1n) is 7.31. The van der Waals surface area contributed by atoms with Gasteiger partial charge in [0, 0.05) is 24.4 Å². The van der Waals surface area contributed by atoms with Gasteiger partial charge in [0.05, 0.1) is 4.92 Å². The lowest BCUT2D eigenvalue weighted by molar-refractivity contribution is -0.384. The lowest BCUT2D eigenvalue weighted by Crippen LogP contribution is -2.35. The molecule has 1 aromatic carbocycles. The van der Waals surface area contributed by atoms with Gasteiger partial charge in [0.1, 0.15) is 0 Å². The largest absolute Gasteiger partial charge is 0.385 e. The molecule has 1 aliphatic heterocycles. The average molecular weight is 277 g/mol. The number of non-ortho nitro benzene ring substituents is 1. The van der Waals surface area contributed by atoms with Crippen molar-refractivity contribution in [2.45, 2.75) is 26.7 Å². The molecule has 1 aromatic rings. The molecule has 0 bridgehead atoms. The van der Waals surface area contributed by atoms with Crippen molar-refractivity contribution in [1.82, 2.24) is 4.90 Å². The molecule has 1 fully saturated rings. The quantitative estimate of drug-likeness (QED) is 0.664. The Balaban J connectivity index is 1.87. The maximum Gasteiger partial charge on any atom is 0.269 e. The van der Waals surface area contributed by atoms with Crippen molar-refractivity contribution in [2.75, 3.05) is 31.5 Å². The molecule has 0 spiro atoms. The number of rotatable bonds is 5. The summed E-state index contributed by atoms with van der Waals surface area (Å²) in [4.78, 5) is 12.8. The summed E-state index contributed by atoms with van der Waals surface area (Å²) in [6, 6.07) is 5.01. The maximum absolute atomic E-state index is 10.7. The Morgan fingerprint density at radius 2 is 2.10 bits per heavy atom. The summed E-state index contributed by atoms with van der Waals surface area (Å²) in [6.07, 6.45) is 2.46. The van der Waals surface area contributed by atoms with Crippen molar-refractivity contribution >= 4 is 11.4 Å².